The molecule has 4 bridgehead atoms. The lowest BCUT2D eigenvalue weighted by Crippen LogP contribution is -2.54. The number of carbonyl (C=O) groups excluding carboxylic acids is 1. The summed E-state index contributed by atoms with van der Waals surface area (Å²) in [7, 11) is 0. The second kappa shape index (κ2) is 8.00. The van der Waals surface area contributed by atoms with Crippen LogP contribution in [0.1, 0.15) is 71.0 Å². The number of ether oxygens (including phenoxy) is 1. The smallest absolute Gasteiger partial charge is 0.338 e. The molecule has 1 aliphatic heterocycles. The first-order valence-electron chi connectivity index (χ1n) is 12.4. The van der Waals surface area contributed by atoms with Gasteiger partial charge in [-0.05, 0) is 95.2 Å². The van der Waals surface area contributed by atoms with E-state index in [1.54, 1.807) is 18.8 Å². The molecule has 0 aromatic heterocycles. The van der Waals surface area contributed by atoms with Crippen molar-refractivity contribution in [2.24, 2.45) is 17.8 Å². The van der Waals surface area contributed by atoms with Crippen LogP contribution in [0.2, 0.25) is 0 Å². The molecular weight excluding hydrogens is 400 g/mol. The van der Waals surface area contributed by atoms with Crippen molar-refractivity contribution in [1.82, 2.24) is 9.98 Å². The van der Waals surface area contributed by atoms with Gasteiger partial charge in [-0.25, -0.2) is 14.8 Å². The summed E-state index contributed by atoms with van der Waals surface area (Å²) < 4.78 is 18.3. The summed E-state index contributed by atoms with van der Waals surface area (Å²) >= 11 is 0. The standard InChI is InChI=1S/C26H34N4O2/c1-25(2,3)32-24(31)21-4-5-22(23(9-21)29-15-20-13-27-16-28-14-20)30-26-10-17-6-18(11-26)8-19(7-17)12-26/h4-5,9,13-14,16-19,29H,6-8,10-12,15H2,1-3H3,(H,30,31)/p+1/i15D. The van der Waals surface area contributed by atoms with Gasteiger partial charge in [0.2, 0.25) is 0 Å². The fraction of sp³-hybridized carbons (Fsp3) is 0.577. The Morgan fingerprint density at radius 2 is 1.88 bits per heavy atom. The predicted octanol–water partition coefficient (Wildman–Crippen LogP) is 4.09. The maximum absolute atomic E-state index is 12.8. The number of hydrogen-bond donors (Lipinski definition) is 3. The lowest BCUT2D eigenvalue weighted by atomic mass is 9.53. The molecule has 4 saturated carbocycles. The van der Waals surface area contributed by atoms with Gasteiger partial charge in [0.1, 0.15) is 5.60 Å². The minimum Gasteiger partial charge on any atom is -0.456 e. The molecule has 1 aromatic carbocycles. The summed E-state index contributed by atoms with van der Waals surface area (Å²) in [4.78, 5) is 12.8. The van der Waals surface area contributed by atoms with Crippen LogP contribution >= 0.6 is 0 Å². The van der Waals surface area contributed by atoms with E-state index < -0.39 is 12.1 Å². The second-order valence-corrected chi connectivity index (χ2v) is 11.1. The summed E-state index contributed by atoms with van der Waals surface area (Å²) in [6.45, 7) is 4.88. The summed E-state index contributed by atoms with van der Waals surface area (Å²) in [5.41, 5.74) is 2.46. The van der Waals surface area contributed by atoms with E-state index in [4.69, 9.17) is 6.11 Å². The molecule has 6 nitrogen and oxygen atoms in total. The first-order chi connectivity index (χ1) is 15.7. The first kappa shape index (κ1) is 19.9. The number of anilines is 2. The van der Waals surface area contributed by atoms with Crippen LogP contribution in [0, 0.1) is 17.8 Å². The van der Waals surface area contributed by atoms with Crippen LogP contribution in [0.5, 0.6) is 0 Å². The fourth-order valence-electron chi connectivity index (χ4n) is 6.36. The van der Waals surface area contributed by atoms with Crippen molar-refractivity contribution < 1.29 is 10.9 Å². The van der Waals surface area contributed by atoms with Crippen molar-refractivity contribution in [1.29, 1.82) is 0 Å². The van der Waals surface area contributed by atoms with Gasteiger partial charge in [-0.1, -0.05) is 0 Å². The Hall–Kier alpha value is -2.72. The Labute approximate surface area is 192 Å². The number of benzene rings is 1. The highest BCUT2D eigenvalue weighted by atomic mass is 16.6. The molecule has 6 heteroatoms. The number of esters is 1. The van der Waals surface area contributed by atoms with E-state index in [1.165, 1.54) is 38.5 Å². The van der Waals surface area contributed by atoms with Crippen LogP contribution < -0.4 is 20.6 Å². The van der Waals surface area contributed by atoms with E-state index in [-0.39, 0.29) is 11.5 Å². The molecular formula is C26H35N4O2+. The fourth-order valence-corrected chi connectivity index (χ4v) is 6.36. The Kier molecular flexibility index (Phi) is 4.98. The van der Waals surface area contributed by atoms with Crippen LogP contribution in [0.3, 0.4) is 0 Å². The Balaban J connectivity index is 1.43. The molecule has 32 heavy (non-hydrogen) atoms. The zero-order chi connectivity index (χ0) is 23.2. The van der Waals surface area contributed by atoms with Crippen LogP contribution in [0.4, 0.5) is 11.4 Å². The van der Waals surface area contributed by atoms with Crippen molar-refractivity contribution >= 4 is 29.9 Å². The van der Waals surface area contributed by atoms with Crippen molar-refractivity contribution in [3.63, 3.8) is 0 Å². The quantitative estimate of drug-likeness (QED) is 0.463. The molecule has 170 valence electrons. The molecule has 1 aromatic rings. The monoisotopic (exact) mass is 436 g/mol. The summed E-state index contributed by atoms with van der Waals surface area (Å²) in [6, 6.07) is 5.62. The van der Waals surface area contributed by atoms with Gasteiger partial charge in [0.15, 0.2) is 6.21 Å². The van der Waals surface area contributed by atoms with E-state index in [9.17, 15) is 4.79 Å². The Morgan fingerprint density at radius 1 is 1.19 bits per heavy atom. The maximum Gasteiger partial charge on any atom is 0.338 e. The Morgan fingerprint density at radius 3 is 2.47 bits per heavy atom. The molecule has 5 aliphatic rings. The first-order valence-corrected chi connectivity index (χ1v) is 11.8. The van der Waals surface area contributed by atoms with Gasteiger partial charge >= 0.3 is 12.3 Å². The topological polar surface area (TPSA) is 76.5 Å². The van der Waals surface area contributed by atoms with Gasteiger partial charge in [0, 0.05) is 12.1 Å². The third-order valence-corrected chi connectivity index (χ3v) is 7.11. The van der Waals surface area contributed by atoms with Crippen LogP contribution in [0.15, 0.2) is 30.0 Å². The SMILES string of the molecule is [2H]C(Nc1cc(C(=O)OC(C)(C)C)ccc1NC12CC3CC(CC(C3)C1)C2)C1=CNC=[N+]=C1. The molecule has 1 unspecified atom stereocenters. The van der Waals surface area contributed by atoms with Gasteiger partial charge in [0.25, 0.3) is 0 Å². The second-order valence-electron chi connectivity index (χ2n) is 11.1. The molecule has 1 heterocycles. The summed E-state index contributed by atoms with van der Waals surface area (Å²) in [5, 5.41) is 10.1. The number of nitrogens with one attached hydrogen (secondary N) is 3. The van der Waals surface area contributed by atoms with E-state index in [0.29, 0.717) is 5.56 Å². The summed E-state index contributed by atoms with van der Waals surface area (Å²) in [5.74, 6) is 2.13. The van der Waals surface area contributed by atoms with Crippen molar-refractivity contribution in [3.05, 3.63) is 35.5 Å². The van der Waals surface area contributed by atoms with E-state index >= 15 is 0 Å². The number of carbonyl (C=O) groups is 1. The van der Waals surface area contributed by atoms with Gasteiger partial charge < -0.3 is 15.4 Å². The molecule has 0 radical (unpaired) electrons. The Bertz CT molecular complexity index is 1000. The number of nitrogens with zero attached hydrogens (tertiary/aromatic N) is 1. The molecule has 1 atom stereocenters. The minimum atomic E-state index is -0.722. The maximum atomic E-state index is 12.8. The van der Waals surface area contributed by atoms with E-state index in [0.717, 1.165) is 34.7 Å². The summed E-state index contributed by atoms with van der Waals surface area (Å²) in [6.07, 6.45) is 12.8. The molecule has 6 rings (SSSR count). The predicted molar refractivity (Wildman–Crippen MR) is 130 cm³/mol. The van der Waals surface area contributed by atoms with Gasteiger partial charge in [-0.3, -0.25) is 0 Å². The molecule has 4 fully saturated rings. The van der Waals surface area contributed by atoms with Crippen molar-refractivity contribution in [2.75, 3.05) is 17.2 Å². The molecule has 3 N–H and O–H groups in total. The molecule has 0 amide bonds. The number of hydrogen-bond acceptors (Lipinski definition) is 5. The van der Waals surface area contributed by atoms with E-state index in [1.807, 2.05) is 39.0 Å². The van der Waals surface area contributed by atoms with Crippen LogP contribution in [0.25, 0.3) is 0 Å². The highest BCUT2D eigenvalue weighted by Gasteiger charge is 2.51. The average molecular weight is 437 g/mol. The normalized spacial score (nSPS) is 31.4. The third-order valence-electron chi connectivity index (χ3n) is 7.11. The average Bonchev–Trinajstić information content (AvgIpc) is 2.73. The van der Waals surface area contributed by atoms with E-state index in [2.05, 4.69) is 20.6 Å². The lowest BCUT2D eigenvalue weighted by molar-refractivity contribution is 0.00695. The van der Waals surface area contributed by atoms with Gasteiger partial charge in [0.05, 0.1) is 30.1 Å². The zero-order valence-corrected chi connectivity index (χ0v) is 19.3. The lowest BCUT2D eigenvalue weighted by Gasteiger charge is -2.57. The minimum absolute atomic E-state index is 0.123. The highest BCUT2D eigenvalue weighted by molar-refractivity contribution is 5.93. The van der Waals surface area contributed by atoms with Crippen LogP contribution in [-0.2, 0) is 4.74 Å². The van der Waals surface area contributed by atoms with Gasteiger partial charge in [-0.15, -0.1) is 0 Å². The third kappa shape index (κ3) is 4.56. The van der Waals surface area contributed by atoms with Crippen molar-refractivity contribution in [3.8, 4) is 0 Å². The molecule has 0 saturated heterocycles. The molecule has 4 aliphatic carbocycles. The molecule has 0 spiro atoms. The zero-order valence-electron chi connectivity index (χ0n) is 20.3. The van der Waals surface area contributed by atoms with Gasteiger partial charge in [-0.2, -0.15) is 0 Å². The number of rotatable bonds is 6. The largest absolute Gasteiger partial charge is 0.456 e. The van der Waals surface area contributed by atoms with Crippen LogP contribution in [-0.4, -0.2) is 36.2 Å². The van der Waals surface area contributed by atoms with Crippen molar-refractivity contribution in [2.45, 2.75) is 70.4 Å². The highest BCUT2D eigenvalue weighted by Crippen LogP contribution is 2.56.